The first-order chi connectivity index (χ1) is 13.4. The van der Waals surface area contributed by atoms with Gasteiger partial charge in [-0.15, -0.1) is 0 Å². The Morgan fingerprint density at radius 2 is 1.93 bits per heavy atom. The summed E-state index contributed by atoms with van der Waals surface area (Å²) in [6.07, 6.45) is -0.672. The van der Waals surface area contributed by atoms with Crippen molar-refractivity contribution < 1.29 is 18.0 Å². The number of carbonyl (C=O) groups is 1. The van der Waals surface area contributed by atoms with E-state index in [1.807, 2.05) is 12.1 Å². The lowest BCUT2D eigenvalue weighted by Crippen LogP contribution is -2.36. The van der Waals surface area contributed by atoms with Gasteiger partial charge in [0.05, 0.1) is 11.3 Å². The molecule has 3 heterocycles. The highest BCUT2D eigenvalue weighted by molar-refractivity contribution is 5.94. The highest BCUT2D eigenvalue weighted by Crippen LogP contribution is 2.30. The molecule has 8 heteroatoms. The van der Waals surface area contributed by atoms with Crippen molar-refractivity contribution in [1.82, 2.24) is 19.9 Å². The lowest BCUT2D eigenvalue weighted by atomic mass is 10.0. The van der Waals surface area contributed by atoms with Crippen molar-refractivity contribution in [2.45, 2.75) is 19.1 Å². The van der Waals surface area contributed by atoms with Gasteiger partial charge in [-0.25, -0.2) is 9.97 Å². The number of halogens is 3. The van der Waals surface area contributed by atoms with Crippen LogP contribution in [0.2, 0.25) is 0 Å². The summed E-state index contributed by atoms with van der Waals surface area (Å²) >= 11 is 0. The fraction of sp³-hybridized carbons (Fsp3) is 0.200. The maximum Gasteiger partial charge on any atom is 0.416 e. The van der Waals surface area contributed by atoms with Gasteiger partial charge in [0.1, 0.15) is 5.69 Å². The van der Waals surface area contributed by atoms with Gasteiger partial charge in [-0.2, -0.15) is 13.2 Å². The second kappa shape index (κ2) is 7.03. The Balaban J connectivity index is 1.55. The Kier molecular flexibility index (Phi) is 4.54. The molecule has 0 atom stereocenters. The molecule has 4 rings (SSSR count). The Morgan fingerprint density at radius 1 is 1.07 bits per heavy atom. The van der Waals surface area contributed by atoms with E-state index in [0.717, 1.165) is 23.4 Å². The molecule has 0 radical (unpaired) electrons. The van der Waals surface area contributed by atoms with E-state index < -0.39 is 17.6 Å². The van der Waals surface area contributed by atoms with Crippen LogP contribution in [0.5, 0.6) is 0 Å². The van der Waals surface area contributed by atoms with Gasteiger partial charge in [0.15, 0.2) is 5.82 Å². The molecule has 0 aliphatic carbocycles. The minimum atomic E-state index is -4.49. The molecule has 1 aromatic carbocycles. The van der Waals surface area contributed by atoms with Crippen LogP contribution in [-0.2, 0) is 19.1 Å². The van der Waals surface area contributed by atoms with Crippen molar-refractivity contribution in [2.75, 3.05) is 6.54 Å². The van der Waals surface area contributed by atoms with Crippen LogP contribution in [0.25, 0.3) is 11.5 Å². The summed E-state index contributed by atoms with van der Waals surface area (Å²) in [4.78, 5) is 27.3. The molecule has 142 valence electrons. The molecule has 3 aromatic rings. The summed E-state index contributed by atoms with van der Waals surface area (Å²) in [5.41, 5.74) is 1.45. The zero-order chi connectivity index (χ0) is 19.7. The Labute approximate surface area is 158 Å². The van der Waals surface area contributed by atoms with Crippen LogP contribution < -0.4 is 0 Å². The number of aromatic nitrogens is 3. The van der Waals surface area contributed by atoms with Crippen molar-refractivity contribution in [3.63, 3.8) is 0 Å². The number of hydrogen-bond acceptors (Lipinski definition) is 4. The van der Waals surface area contributed by atoms with Crippen LogP contribution in [0, 0.1) is 0 Å². The van der Waals surface area contributed by atoms with Crippen molar-refractivity contribution in [2.24, 2.45) is 0 Å². The molecule has 0 bridgehead atoms. The Bertz CT molecular complexity index is 1020. The predicted octanol–water partition coefficient (Wildman–Crippen LogP) is 3.76. The van der Waals surface area contributed by atoms with Crippen molar-refractivity contribution in [3.8, 4) is 11.5 Å². The topological polar surface area (TPSA) is 59.0 Å². The predicted molar refractivity (Wildman–Crippen MR) is 95.2 cm³/mol. The van der Waals surface area contributed by atoms with Crippen molar-refractivity contribution in [1.29, 1.82) is 0 Å². The lowest BCUT2D eigenvalue weighted by Gasteiger charge is -2.28. The molecule has 2 aromatic heterocycles. The zero-order valence-electron chi connectivity index (χ0n) is 14.6. The highest BCUT2D eigenvalue weighted by atomic mass is 19.4. The molecule has 0 fully saturated rings. The summed E-state index contributed by atoms with van der Waals surface area (Å²) in [5, 5.41) is 0. The second-order valence-electron chi connectivity index (χ2n) is 6.44. The maximum atomic E-state index is 12.9. The molecular weight excluding hydrogens is 369 g/mol. The summed E-state index contributed by atoms with van der Waals surface area (Å²) in [6.45, 7) is 0.633. The molecule has 28 heavy (non-hydrogen) atoms. The Morgan fingerprint density at radius 3 is 2.68 bits per heavy atom. The van der Waals surface area contributed by atoms with E-state index >= 15 is 0 Å². The van der Waals surface area contributed by atoms with E-state index in [-0.39, 0.29) is 12.1 Å². The van der Waals surface area contributed by atoms with Gasteiger partial charge < -0.3 is 4.90 Å². The monoisotopic (exact) mass is 384 g/mol. The third kappa shape index (κ3) is 3.58. The first-order valence-corrected chi connectivity index (χ1v) is 8.64. The largest absolute Gasteiger partial charge is 0.416 e. The van der Waals surface area contributed by atoms with Gasteiger partial charge in [-0.1, -0.05) is 12.1 Å². The summed E-state index contributed by atoms with van der Waals surface area (Å²) in [7, 11) is 0. The normalized spacial score (nSPS) is 13.9. The molecule has 0 N–H and O–H groups in total. The number of carbonyl (C=O) groups excluding carboxylic acids is 1. The summed E-state index contributed by atoms with van der Waals surface area (Å²) < 4.78 is 38.7. The number of benzene rings is 1. The molecule has 0 unspecified atom stereocenters. The zero-order valence-corrected chi connectivity index (χ0v) is 14.6. The number of pyridine rings is 1. The van der Waals surface area contributed by atoms with Gasteiger partial charge in [0.2, 0.25) is 0 Å². The van der Waals surface area contributed by atoms with Gasteiger partial charge in [-0.3, -0.25) is 9.78 Å². The number of fused-ring (bicyclic) bond motifs is 1. The van der Waals surface area contributed by atoms with Crippen LogP contribution >= 0.6 is 0 Å². The minimum absolute atomic E-state index is 0.0179. The van der Waals surface area contributed by atoms with Gasteiger partial charge in [0, 0.05) is 43.0 Å². The number of alkyl halides is 3. The third-order valence-electron chi connectivity index (χ3n) is 4.55. The van der Waals surface area contributed by atoms with E-state index in [2.05, 4.69) is 15.0 Å². The minimum Gasteiger partial charge on any atom is -0.334 e. The van der Waals surface area contributed by atoms with Crippen molar-refractivity contribution in [3.05, 3.63) is 77.2 Å². The van der Waals surface area contributed by atoms with Crippen LogP contribution in [0.3, 0.4) is 0 Å². The van der Waals surface area contributed by atoms with Crippen LogP contribution in [0.4, 0.5) is 13.2 Å². The van der Waals surface area contributed by atoms with Crippen molar-refractivity contribution >= 4 is 5.91 Å². The fourth-order valence-electron chi connectivity index (χ4n) is 3.12. The fourth-order valence-corrected chi connectivity index (χ4v) is 3.12. The molecule has 0 saturated heterocycles. The number of nitrogens with zero attached hydrogens (tertiary/aromatic N) is 4. The average molecular weight is 384 g/mol. The molecule has 1 amide bonds. The molecule has 1 aliphatic heterocycles. The SMILES string of the molecule is O=C(c1cccc(C(F)(F)F)c1)N1CCc2nc(-c3ccccn3)ncc2C1. The van der Waals surface area contributed by atoms with Crippen LogP contribution in [-0.4, -0.2) is 32.3 Å². The highest BCUT2D eigenvalue weighted by Gasteiger charge is 2.32. The summed E-state index contributed by atoms with van der Waals surface area (Å²) in [5.74, 6) is 0.0718. The smallest absolute Gasteiger partial charge is 0.334 e. The second-order valence-corrected chi connectivity index (χ2v) is 6.44. The third-order valence-corrected chi connectivity index (χ3v) is 4.55. The standard InChI is InChI=1S/C20H15F3N4O/c21-20(22,23)15-5-3-4-13(10-15)19(28)27-9-7-16-14(12-27)11-25-18(26-16)17-6-1-2-8-24-17/h1-6,8,10-11H,7,9,12H2. The summed E-state index contributed by atoms with van der Waals surface area (Å²) in [6, 6.07) is 9.95. The van der Waals surface area contributed by atoms with Crippen LogP contribution in [0.15, 0.2) is 54.9 Å². The van der Waals surface area contributed by atoms with E-state index in [9.17, 15) is 18.0 Å². The van der Waals surface area contributed by atoms with E-state index in [0.29, 0.717) is 24.5 Å². The first kappa shape index (κ1) is 18.1. The molecular formula is C20H15F3N4O. The number of hydrogen-bond donors (Lipinski definition) is 0. The maximum absolute atomic E-state index is 12.9. The van der Waals surface area contributed by atoms with Gasteiger partial charge >= 0.3 is 6.18 Å². The van der Waals surface area contributed by atoms with Gasteiger partial charge in [0.25, 0.3) is 5.91 Å². The molecule has 0 spiro atoms. The molecule has 5 nitrogen and oxygen atoms in total. The lowest BCUT2D eigenvalue weighted by molar-refractivity contribution is -0.137. The van der Waals surface area contributed by atoms with E-state index in [1.54, 1.807) is 18.5 Å². The number of rotatable bonds is 2. The average Bonchev–Trinajstić information content (AvgIpc) is 2.72. The van der Waals surface area contributed by atoms with Gasteiger partial charge in [-0.05, 0) is 30.3 Å². The quantitative estimate of drug-likeness (QED) is 0.675. The van der Waals surface area contributed by atoms with E-state index in [4.69, 9.17) is 0 Å². The number of amides is 1. The first-order valence-electron chi connectivity index (χ1n) is 8.64. The molecule has 1 aliphatic rings. The molecule has 0 saturated carbocycles. The van der Waals surface area contributed by atoms with Crippen LogP contribution in [0.1, 0.15) is 27.2 Å². The van der Waals surface area contributed by atoms with E-state index in [1.165, 1.54) is 17.0 Å². The Hall–Kier alpha value is -3.29.